The molecule has 1 aromatic carbocycles. The maximum Gasteiger partial charge on any atom is 0.255 e. The highest BCUT2D eigenvalue weighted by Crippen LogP contribution is 2.23. The Balaban J connectivity index is 2.07. The fraction of sp³-hybridized carbons (Fsp3) is 0.588. The van der Waals surface area contributed by atoms with Crippen molar-refractivity contribution in [2.24, 2.45) is 5.92 Å². The third-order valence-electron chi connectivity index (χ3n) is 4.08. The largest absolute Gasteiger partial charge is 0.385 e. The summed E-state index contributed by atoms with van der Waals surface area (Å²) in [7, 11) is 1.74. The van der Waals surface area contributed by atoms with Crippen LogP contribution >= 0.6 is 0 Å². The average molecular weight is 290 g/mol. The zero-order valence-corrected chi connectivity index (χ0v) is 13.3. The Hall–Kier alpha value is -1.55. The number of likely N-dealkylation sites (tertiary alicyclic amines) is 1. The number of amides is 1. The van der Waals surface area contributed by atoms with Crippen LogP contribution < -0.4 is 5.32 Å². The van der Waals surface area contributed by atoms with E-state index in [1.54, 1.807) is 7.11 Å². The van der Waals surface area contributed by atoms with Gasteiger partial charge in [-0.05, 0) is 50.3 Å². The number of carbonyl (C=O) groups is 1. The number of carbonyl (C=O) groups excluding carboxylic acids is 1. The first-order valence-corrected chi connectivity index (χ1v) is 7.78. The van der Waals surface area contributed by atoms with E-state index in [9.17, 15) is 4.79 Å². The number of nitrogens with zero attached hydrogens (tertiary/aromatic N) is 1. The first-order chi connectivity index (χ1) is 10.2. The monoisotopic (exact) mass is 290 g/mol. The van der Waals surface area contributed by atoms with Crippen LogP contribution in [0.2, 0.25) is 0 Å². The van der Waals surface area contributed by atoms with Crippen LogP contribution in [0.5, 0.6) is 0 Å². The predicted octanol–water partition coefficient (Wildman–Crippen LogP) is 2.93. The lowest BCUT2D eigenvalue weighted by atomic mass is 9.97. The van der Waals surface area contributed by atoms with Gasteiger partial charge in [0.2, 0.25) is 0 Å². The third kappa shape index (κ3) is 3.97. The summed E-state index contributed by atoms with van der Waals surface area (Å²) in [6, 6.07) is 6.00. The summed E-state index contributed by atoms with van der Waals surface area (Å²) in [5.41, 5.74) is 2.90. The number of nitrogens with one attached hydrogen (secondary N) is 1. The maximum absolute atomic E-state index is 12.7. The highest BCUT2D eigenvalue weighted by molar-refractivity contribution is 5.99. The Morgan fingerprint density at radius 3 is 2.71 bits per heavy atom. The molecule has 0 bridgehead atoms. The minimum Gasteiger partial charge on any atom is -0.385 e. The normalized spacial score (nSPS) is 16.0. The van der Waals surface area contributed by atoms with E-state index in [1.807, 2.05) is 30.9 Å². The standard InChI is InChI=1S/C17H26N2O2/c1-4-18-16-11-13(2)5-6-15(16)17(20)19-9-7-14(8-10-19)12-21-3/h5-6,11,14,18H,4,7-10,12H2,1-3H3. The van der Waals surface area contributed by atoms with Crippen molar-refractivity contribution >= 4 is 11.6 Å². The molecule has 0 spiro atoms. The van der Waals surface area contributed by atoms with Gasteiger partial charge in [-0.15, -0.1) is 0 Å². The number of rotatable bonds is 5. The fourth-order valence-electron chi connectivity index (χ4n) is 2.89. The van der Waals surface area contributed by atoms with Gasteiger partial charge in [0.1, 0.15) is 0 Å². The average Bonchev–Trinajstić information content (AvgIpc) is 2.48. The van der Waals surface area contributed by atoms with Crippen molar-refractivity contribution in [1.29, 1.82) is 0 Å². The van der Waals surface area contributed by atoms with Gasteiger partial charge in [0, 0.05) is 39.0 Å². The summed E-state index contributed by atoms with van der Waals surface area (Å²) in [6.07, 6.45) is 2.06. The van der Waals surface area contributed by atoms with E-state index in [-0.39, 0.29) is 5.91 Å². The van der Waals surface area contributed by atoms with E-state index in [4.69, 9.17) is 4.74 Å². The number of benzene rings is 1. The predicted molar refractivity (Wildman–Crippen MR) is 85.8 cm³/mol. The number of aryl methyl sites for hydroxylation is 1. The van der Waals surface area contributed by atoms with Crippen molar-refractivity contribution in [3.63, 3.8) is 0 Å². The molecule has 4 nitrogen and oxygen atoms in total. The van der Waals surface area contributed by atoms with E-state index in [1.165, 1.54) is 5.56 Å². The van der Waals surface area contributed by atoms with Crippen LogP contribution in [-0.4, -0.2) is 44.2 Å². The molecule has 0 atom stereocenters. The molecule has 2 rings (SSSR count). The molecule has 0 radical (unpaired) electrons. The Labute approximate surface area is 127 Å². The molecule has 0 unspecified atom stereocenters. The van der Waals surface area contributed by atoms with Crippen molar-refractivity contribution in [3.05, 3.63) is 29.3 Å². The molecule has 0 saturated carbocycles. The van der Waals surface area contributed by atoms with Crippen LogP contribution in [0.4, 0.5) is 5.69 Å². The molecule has 1 aromatic rings. The van der Waals surface area contributed by atoms with Gasteiger partial charge in [-0.25, -0.2) is 0 Å². The molecule has 1 saturated heterocycles. The number of methoxy groups -OCH3 is 1. The smallest absolute Gasteiger partial charge is 0.255 e. The number of piperidine rings is 1. The first kappa shape index (κ1) is 15.8. The van der Waals surface area contributed by atoms with Gasteiger partial charge in [0.15, 0.2) is 0 Å². The van der Waals surface area contributed by atoms with Crippen molar-refractivity contribution in [2.45, 2.75) is 26.7 Å². The Morgan fingerprint density at radius 2 is 2.10 bits per heavy atom. The molecule has 1 aliphatic rings. The Kier molecular flexibility index (Phi) is 5.62. The number of hydrogen-bond acceptors (Lipinski definition) is 3. The molecule has 116 valence electrons. The molecular weight excluding hydrogens is 264 g/mol. The molecule has 4 heteroatoms. The quantitative estimate of drug-likeness (QED) is 0.906. The van der Waals surface area contributed by atoms with Gasteiger partial charge >= 0.3 is 0 Å². The minimum absolute atomic E-state index is 0.141. The minimum atomic E-state index is 0.141. The van der Waals surface area contributed by atoms with Gasteiger partial charge in [0.25, 0.3) is 5.91 Å². The van der Waals surface area contributed by atoms with Gasteiger partial charge in [-0.1, -0.05) is 6.07 Å². The number of hydrogen-bond donors (Lipinski definition) is 1. The molecule has 1 fully saturated rings. The van der Waals surface area contributed by atoms with Gasteiger partial charge in [0.05, 0.1) is 5.56 Å². The van der Waals surface area contributed by atoms with E-state index in [0.29, 0.717) is 5.92 Å². The molecule has 1 heterocycles. The highest BCUT2D eigenvalue weighted by atomic mass is 16.5. The summed E-state index contributed by atoms with van der Waals surface area (Å²) in [5.74, 6) is 0.729. The van der Waals surface area contributed by atoms with Gasteiger partial charge in [-0.2, -0.15) is 0 Å². The van der Waals surface area contributed by atoms with Crippen LogP contribution in [0.15, 0.2) is 18.2 Å². The molecule has 1 aliphatic heterocycles. The second-order valence-electron chi connectivity index (χ2n) is 5.77. The van der Waals surface area contributed by atoms with Crippen molar-refractivity contribution in [1.82, 2.24) is 4.90 Å². The topological polar surface area (TPSA) is 41.6 Å². The van der Waals surface area contributed by atoms with Crippen LogP contribution in [-0.2, 0) is 4.74 Å². The summed E-state index contributed by atoms with van der Waals surface area (Å²) < 4.78 is 5.21. The molecule has 0 aliphatic carbocycles. The highest BCUT2D eigenvalue weighted by Gasteiger charge is 2.24. The fourth-order valence-corrected chi connectivity index (χ4v) is 2.89. The molecule has 1 amide bonds. The SMILES string of the molecule is CCNc1cc(C)ccc1C(=O)N1CCC(COC)CC1. The molecule has 1 N–H and O–H groups in total. The van der Waals surface area contributed by atoms with Crippen molar-refractivity contribution in [2.75, 3.05) is 38.7 Å². The molecule has 0 aromatic heterocycles. The second kappa shape index (κ2) is 7.46. The Morgan fingerprint density at radius 1 is 1.38 bits per heavy atom. The molecular formula is C17H26N2O2. The van der Waals surface area contributed by atoms with Gasteiger partial charge in [-0.3, -0.25) is 4.79 Å². The zero-order valence-electron chi connectivity index (χ0n) is 13.3. The van der Waals surface area contributed by atoms with Crippen molar-refractivity contribution in [3.8, 4) is 0 Å². The van der Waals surface area contributed by atoms with Crippen molar-refractivity contribution < 1.29 is 9.53 Å². The maximum atomic E-state index is 12.7. The summed E-state index contributed by atoms with van der Waals surface area (Å²) in [5, 5.41) is 3.30. The zero-order chi connectivity index (χ0) is 15.2. The first-order valence-electron chi connectivity index (χ1n) is 7.78. The Bertz CT molecular complexity index is 480. The number of ether oxygens (including phenoxy) is 1. The van der Waals surface area contributed by atoms with Crippen LogP contribution in [0, 0.1) is 12.8 Å². The lowest BCUT2D eigenvalue weighted by molar-refractivity contribution is 0.0614. The second-order valence-corrected chi connectivity index (χ2v) is 5.77. The lowest BCUT2D eigenvalue weighted by Gasteiger charge is -2.32. The van der Waals surface area contributed by atoms with E-state index < -0.39 is 0 Å². The van der Waals surface area contributed by atoms with Crippen LogP contribution in [0.25, 0.3) is 0 Å². The van der Waals surface area contributed by atoms with E-state index in [0.717, 1.165) is 50.3 Å². The lowest BCUT2D eigenvalue weighted by Crippen LogP contribution is -2.39. The number of anilines is 1. The third-order valence-corrected chi connectivity index (χ3v) is 4.08. The summed E-state index contributed by atoms with van der Waals surface area (Å²) >= 11 is 0. The summed E-state index contributed by atoms with van der Waals surface area (Å²) in [4.78, 5) is 14.7. The van der Waals surface area contributed by atoms with Crippen LogP contribution in [0.3, 0.4) is 0 Å². The van der Waals surface area contributed by atoms with E-state index in [2.05, 4.69) is 11.4 Å². The van der Waals surface area contributed by atoms with Gasteiger partial charge < -0.3 is 15.0 Å². The summed E-state index contributed by atoms with van der Waals surface area (Å²) in [6.45, 7) is 7.37. The molecule has 21 heavy (non-hydrogen) atoms. The van der Waals surface area contributed by atoms with Crippen LogP contribution in [0.1, 0.15) is 35.7 Å². The van der Waals surface area contributed by atoms with E-state index >= 15 is 0 Å².